The molecule has 0 aliphatic rings. The van der Waals surface area contributed by atoms with E-state index in [0.29, 0.717) is 11.6 Å². The molecule has 0 aliphatic heterocycles. The number of aryl methyl sites for hydroxylation is 2. The lowest BCUT2D eigenvalue weighted by Gasteiger charge is -2.12. The Bertz CT molecular complexity index is 1260. The van der Waals surface area contributed by atoms with Gasteiger partial charge in [0, 0.05) is 11.1 Å². The molecule has 0 unspecified atom stereocenters. The zero-order valence-corrected chi connectivity index (χ0v) is 15.2. The van der Waals surface area contributed by atoms with Crippen LogP contribution in [0.5, 0.6) is 5.75 Å². The van der Waals surface area contributed by atoms with Gasteiger partial charge in [0.2, 0.25) is 12.2 Å². The minimum atomic E-state index is 0.206. The first-order chi connectivity index (χ1) is 13.6. The van der Waals surface area contributed by atoms with E-state index >= 15 is 0 Å². The van der Waals surface area contributed by atoms with Gasteiger partial charge in [0.15, 0.2) is 0 Å². The zero-order valence-electron chi connectivity index (χ0n) is 15.2. The van der Waals surface area contributed by atoms with Gasteiger partial charge in [-0.2, -0.15) is 4.98 Å². The molecule has 0 atom stereocenters. The molecule has 7 nitrogen and oxygen atoms in total. The van der Waals surface area contributed by atoms with E-state index in [1.165, 1.54) is 6.39 Å². The fraction of sp³-hybridized carbons (Fsp3) is 0.0952. The van der Waals surface area contributed by atoms with E-state index in [9.17, 15) is 5.11 Å². The van der Waals surface area contributed by atoms with Gasteiger partial charge in [-0.05, 0) is 44.2 Å². The summed E-state index contributed by atoms with van der Waals surface area (Å²) in [5.41, 5.74) is 5.22. The normalized spacial score (nSPS) is 11.4. The summed E-state index contributed by atoms with van der Waals surface area (Å²) in [6, 6.07) is 15.1. The smallest absolute Gasteiger partial charge is 0.214 e. The lowest BCUT2D eigenvalue weighted by molar-refractivity contribution is 0.393. The first-order valence-electron chi connectivity index (χ1n) is 8.78. The second-order valence-corrected chi connectivity index (χ2v) is 6.55. The van der Waals surface area contributed by atoms with Crippen LogP contribution in [-0.4, -0.2) is 25.0 Å². The first kappa shape index (κ1) is 16.3. The van der Waals surface area contributed by atoms with Gasteiger partial charge in [0.25, 0.3) is 0 Å². The van der Waals surface area contributed by atoms with Crippen LogP contribution in [0.2, 0.25) is 0 Å². The molecule has 3 heterocycles. The SMILES string of the molecule is Cc1noc(C)c1-c1c(-c2ncon2)c2ccccc2n1-c1ccc(O)cc1. The lowest BCUT2D eigenvalue weighted by atomic mass is 10.0. The van der Waals surface area contributed by atoms with Crippen LogP contribution < -0.4 is 0 Å². The van der Waals surface area contributed by atoms with Gasteiger partial charge in [0.05, 0.1) is 28.0 Å². The maximum Gasteiger partial charge on any atom is 0.214 e. The van der Waals surface area contributed by atoms with Gasteiger partial charge in [0.1, 0.15) is 11.5 Å². The standard InChI is InChI=1S/C21H16N4O3/c1-12-18(13(2)28-23-12)20-19(21-22-11-27-24-21)16-5-3-4-6-17(16)25(20)14-7-9-15(26)10-8-14/h3-11,26H,1-2H3. The molecule has 0 spiro atoms. The van der Waals surface area contributed by atoms with E-state index < -0.39 is 0 Å². The molecule has 0 bridgehead atoms. The molecule has 0 saturated heterocycles. The average Bonchev–Trinajstić information content (AvgIpc) is 3.40. The summed E-state index contributed by atoms with van der Waals surface area (Å²) in [5.74, 6) is 1.39. The quantitative estimate of drug-likeness (QED) is 0.495. The van der Waals surface area contributed by atoms with Crippen molar-refractivity contribution < 1.29 is 14.2 Å². The van der Waals surface area contributed by atoms with Crippen LogP contribution in [-0.2, 0) is 0 Å². The summed E-state index contributed by atoms with van der Waals surface area (Å²) in [5, 5.41) is 19.0. The summed E-state index contributed by atoms with van der Waals surface area (Å²) < 4.78 is 12.6. The van der Waals surface area contributed by atoms with E-state index in [1.807, 2.05) is 50.2 Å². The maximum atomic E-state index is 9.75. The van der Waals surface area contributed by atoms with Crippen molar-refractivity contribution in [3.63, 3.8) is 0 Å². The number of hydrogen-bond donors (Lipinski definition) is 1. The van der Waals surface area contributed by atoms with Gasteiger partial charge in [-0.1, -0.05) is 28.5 Å². The summed E-state index contributed by atoms with van der Waals surface area (Å²) in [6.45, 7) is 3.79. The third-order valence-corrected chi connectivity index (χ3v) is 4.84. The van der Waals surface area contributed by atoms with Gasteiger partial charge in [-0.15, -0.1) is 0 Å². The lowest BCUT2D eigenvalue weighted by Crippen LogP contribution is -1.99. The summed E-state index contributed by atoms with van der Waals surface area (Å²) in [7, 11) is 0. The highest BCUT2D eigenvalue weighted by Crippen LogP contribution is 2.43. The topological polar surface area (TPSA) is 90.1 Å². The van der Waals surface area contributed by atoms with Crippen LogP contribution in [0.4, 0.5) is 0 Å². The molecule has 0 aliphatic carbocycles. The van der Waals surface area contributed by atoms with E-state index in [1.54, 1.807) is 12.1 Å². The monoisotopic (exact) mass is 372 g/mol. The van der Waals surface area contributed by atoms with E-state index in [0.717, 1.165) is 39.1 Å². The second kappa shape index (κ2) is 6.09. The second-order valence-electron chi connectivity index (χ2n) is 6.55. The van der Waals surface area contributed by atoms with Gasteiger partial charge < -0.3 is 18.7 Å². The Morgan fingerprint density at radius 3 is 2.39 bits per heavy atom. The third-order valence-electron chi connectivity index (χ3n) is 4.84. The zero-order chi connectivity index (χ0) is 19.3. The number of fused-ring (bicyclic) bond motifs is 1. The van der Waals surface area contributed by atoms with E-state index in [2.05, 4.69) is 19.9 Å². The Labute approximate surface area is 159 Å². The fourth-order valence-corrected chi connectivity index (χ4v) is 3.67. The van der Waals surface area contributed by atoms with Crippen molar-refractivity contribution >= 4 is 10.9 Å². The summed E-state index contributed by atoms with van der Waals surface area (Å²) in [4.78, 5) is 4.31. The van der Waals surface area contributed by atoms with Crippen LogP contribution in [0.3, 0.4) is 0 Å². The van der Waals surface area contributed by atoms with Crippen LogP contribution in [0.25, 0.3) is 39.2 Å². The highest BCUT2D eigenvalue weighted by atomic mass is 16.5. The Morgan fingerprint density at radius 1 is 0.929 bits per heavy atom. The van der Waals surface area contributed by atoms with Gasteiger partial charge in [-0.3, -0.25) is 0 Å². The molecule has 28 heavy (non-hydrogen) atoms. The van der Waals surface area contributed by atoms with Crippen molar-refractivity contribution in [2.75, 3.05) is 0 Å². The van der Waals surface area contributed by atoms with E-state index in [-0.39, 0.29) is 5.75 Å². The minimum Gasteiger partial charge on any atom is -0.508 e. The molecule has 0 fully saturated rings. The van der Waals surface area contributed by atoms with Crippen molar-refractivity contribution in [2.24, 2.45) is 0 Å². The Morgan fingerprint density at radius 2 is 1.71 bits per heavy atom. The molecular weight excluding hydrogens is 356 g/mol. The maximum absolute atomic E-state index is 9.75. The predicted octanol–water partition coefficient (Wildman–Crippen LogP) is 4.66. The van der Waals surface area contributed by atoms with Crippen molar-refractivity contribution in [3.05, 3.63) is 66.4 Å². The number of nitrogens with zero attached hydrogens (tertiary/aromatic N) is 4. The molecule has 1 N–H and O–H groups in total. The summed E-state index contributed by atoms with van der Waals surface area (Å²) in [6.07, 6.45) is 1.32. The average molecular weight is 372 g/mol. The molecule has 0 saturated carbocycles. The molecule has 138 valence electrons. The highest BCUT2D eigenvalue weighted by molar-refractivity contribution is 6.04. The first-order valence-corrected chi connectivity index (χ1v) is 8.78. The Kier molecular flexibility index (Phi) is 3.55. The van der Waals surface area contributed by atoms with Gasteiger partial charge >= 0.3 is 0 Å². The van der Waals surface area contributed by atoms with Crippen molar-refractivity contribution in [2.45, 2.75) is 13.8 Å². The van der Waals surface area contributed by atoms with E-state index in [4.69, 9.17) is 9.05 Å². The Balaban J connectivity index is 1.99. The number of benzene rings is 2. The number of phenols is 1. The molecule has 2 aromatic carbocycles. The number of phenolic OH excluding ortho intramolecular Hbond substituents is 1. The predicted molar refractivity (Wildman–Crippen MR) is 103 cm³/mol. The van der Waals surface area contributed by atoms with Crippen molar-refractivity contribution in [3.8, 4) is 34.1 Å². The van der Waals surface area contributed by atoms with Crippen LogP contribution >= 0.6 is 0 Å². The molecule has 3 aromatic heterocycles. The largest absolute Gasteiger partial charge is 0.508 e. The molecule has 5 rings (SSSR count). The number of rotatable bonds is 3. The van der Waals surface area contributed by atoms with Gasteiger partial charge in [-0.25, -0.2) is 0 Å². The number of aromatic nitrogens is 4. The molecule has 5 aromatic rings. The van der Waals surface area contributed by atoms with Crippen LogP contribution in [0.1, 0.15) is 11.5 Å². The van der Waals surface area contributed by atoms with Crippen LogP contribution in [0.15, 0.2) is 64.0 Å². The molecule has 0 amide bonds. The third kappa shape index (κ3) is 2.33. The van der Waals surface area contributed by atoms with Crippen molar-refractivity contribution in [1.82, 2.24) is 19.9 Å². The summed E-state index contributed by atoms with van der Waals surface area (Å²) >= 11 is 0. The highest BCUT2D eigenvalue weighted by Gasteiger charge is 2.27. The molecular formula is C21H16N4O3. The minimum absolute atomic E-state index is 0.206. The fourth-order valence-electron chi connectivity index (χ4n) is 3.67. The number of hydrogen-bond acceptors (Lipinski definition) is 6. The van der Waals surface area contributed by atoms with Crippen LogP contribution in [0, 0.1) is 13.8 Å². The molecule has 0 radical (unpaired) electrons. The number of aromatic hydroxyl groups is 1. The molecule has 7 heteroatoms. The van der Waals surface area contributed by atoms with Crippen molar-refractivity contribution in [1.29, 1.82) is 0 Å². The number of para-hydroxylation sites is 1. The Hall–Kier alpha value is -3.87.